The lowest BCUT2D eigenvalue weighted by Crippen LogP contribution is -2.46. The number of aromatic nitrogens is 1. The van der Waals surface area contributed by atoms with E-state index >= 15 is 0 Å². The third-order valence-corrected chi connectivity index (χ3v) is 5.19. The summed E-state index contributed by atoms with van der Waals surface area (Å²) in [6, 6.07) is 3.45. The Balaban J connectivity index is 2.13. The maximum atomic E-state index is 12.2. The van der Waals surface area contributed by atoms with Crippen LogP contribution in [-0.4, -0.2) is 83.7 Å². The molecule has 186 valence electrons. The summed E-state index contributed by atoms with van der Waals surface area (Å²) >= 11 is 4.54. The molecule has 0 unspecified atom stereocenters. The zero-order valence-corrected chi connectivity index (χ0v) is 19.8. The highest BCUT2D eigenvalue weighted by atomic mass is 32.1. The number of nitrogens with one attached hydrogen (secondary N) is 1. The SMILES string of the molecule is O=C([O-])CN1CC(=O)NCCN(CC(=O)[O-])Cc2nc(ccc2OCCCCCCN=C=S)C1. The number of ether oxygens (including phenoxy) is 1. The normalized spacial score (nSPS) is 15.4. The van der Waals surface area contributed by atoms with E-state index in [9.17, 15) is 24.6 Å². The number of carbonyl (C=O) groups is 3. The molecule has 2 heterocycles. The van der Waals surface area contributed by atoms with Gasteiger partial charge < -0.3 is 29.9 Å². The number of carbonyl (C=O) groups excluding carboxylic acids is 3. The van der Waals surface area contributed by atoms with Gasteiger partial charge in [-0.3, -0.25) is 19.6 Å². The second kappa shape index (κ2) is 15.1. The van der Waals surface area contributed by atoms with E-state index in [1.807, 2.05) is 0 Å². The Hall–Kier alpha value is -2.92. The van der Waals surface area contributed by atoms with Crippen LogP contribution >= 0.6 is 12.2 Å². The van der Waals surface area contributed by atoms with Crippen molar-refractivity contribution in [2.24, 2.45) is 4.99 Å². The first-order chi connectivity index (χ1) is 16.4. The highest BCUT2D eigenvalue weighted by Gasteiger charge is 2.18. The van der Waals surface area contributed by atoms with Crippen LogP contribution < -0.4 is 20.3 Å². The number of aliphatic carboxylic acids is 2. The van der Waals surface area contributed by atoms with Gasteiger partial charge in [-0.25, -0.2) is 4.99 Å². The lowest BCUT2D eigenvalue weighted by Gasteiger charge is -2.27. The van der Waals surface area contributed by atoms with E-state index in [-0.39, 0.29) is 45.2 Å². The molecule has 0 atom stereocenters. The number of carboxylic acid groups (broad SMARTS) is 2. The van der Waals surface area contributed by atoms with Crippen LogP contribution in [-0.2, 0) is 27.5 Å². The molecule has 1 aliphatic heterocycles. The van der Waals surface area contributed by atoms with Crippen molar-refractivity contribution in [2.45, 2.75) is 38.8 Å². The molecular weight excluding hydrogens is 462 g/mol. The summed E-state index contributed by atoms with van der Waals surface area (Å²) < 4.78 is 5.94. The maximum Gasteiger partial charge on any atom is 0.234 e. The van der Waals surface area contributed by atoms with Crippen molar-refractivity contribution in [3.05, 3.63) is 23.5 Å². The summed E-state index contributed by atoms with van der Waals surface area (Å²) in [6.07, 6.45) is 3.72. The number of unbranched alkanes of at least 4 members (excludes halogenated alkanes) is 3. The van der Waals surface area contributed by atoms with Gasteiger partial charge in [-0.1, -0.05) is 6.42 Å². The van der Waals surface area contributed by atoms with Gasteiger partial charge in [0.2, 0.25) is 5.91 Å². The average Bonchev–Trinajstić information content (AvgIpc) is 2.75. The molecule has 34 heavy (non-hydrogen) atoms. The zero-order chi connectivity index (χ0) is 24.8. The largest absolute Gasteiger partial charge is 0.549 e. The van der Waals surface area contributed by atoms with E-state index < -0.39 is 18.5 Å². The van der Waals surface area contributed by atoms with Crippen molar-refractivity contribution in [1.82, 2.24) is 20.1 Å². The third-order valence-electron chi connectivity index (χ3n) is 5.06. The molecule has 2 bridgehead atoms. The first-order valence-electron chi connectivity index (χ1n) is 11.1. The summed E-state index contributed by atoms with van der Waals surface area (Å²) in [5.74, 6) is -2.38. The molecule has 1 aromatic heterocycles. The molecule has 0 radical (unpaired) electrons. The van der Waals surface area contributed by atoms with Crippen molar-refractivity contribution in [2.75, 3.05) is 45.9 Å². The van der Waals surface area contributed by atoms with Crippen LogP contribution in [0.3, 0.4) is 0 Å². The highest BCUT2D eigenvalue weighted by molar-refractivity contribution is 7.78. The van der Waals surface area contributed by atoms with Crippen LogP contribution in [0.25, 0.3) is 0 Å². The maximum absolute atomic E-state index is 12.2. The minimum Gasteiger partial charge on any atom is -0.549 e. The minimum absolute atomic E-state index is 0.110. The van der Waals surface area contributed by atoms with E-state index in [4.69, 9.17) is 4.74 Å². The zero-order valence-electron chi connectivity index (χ0n) is 19.0. The van der Waals surface area contributed by atoms with Gasteiger partial charge in [0.05, 0.1) is 41.6 Å². The fourth-order valence-corrected chi connectivity index (χ4v) is 3.63. The van der Waals surface area contributed by atoms with Gasteiger partial charge in [-0.05, 0) is 43.6 Å². The van der Waals surface area contributed by atoms with E-state index in [1.165, 1.54) is 4.90 Å². The Kier molecular flexibility index (Phi) is 12.1. The fraction of sp³-hybridized carbons (Fsp3) is 0.591. The predicted octanol–water partition coefficient (Wildman–Crippen LogP) is -1.64. The monoisotopic (exact) mass is 491 g/mol. The average molecular weight is 492 g/mol. The van der Waals surface area contributed by atoms with Crippen molar-refractivity contribution in [3.8, 4) is 5.75 Å². The fourth-order valence-electron chi connectivity index (χ4n) is 3.54. The van der Waals surface area contributed by atoms with Crippen LogP contribution in [0.2, 0.25) is 0 Å². The number of isothiocyanates is 1. The predicted molar refractivity (Wildman–Crippen MR) is 122 cm³/mol. The topological polar surface area (TPSA) is 150 Å². The van der Waals surface area contributed by atoms with Gasteiger partial charge in [0.1, 0.15) is 5.75 Å². The molecule has 0 saturated carbocycles. The molecule has 0 spiro atoms. The molecule has 0 aliphatic carbocycles. The van der Waals surface area contributed by atoms with Crippen molar-refractivity contribution >= 4 is 35.2 Å². The lowest BCUT2D eigenvalue weighted by atomic mass is 10.2. The quantitative estimate of drug-likeness (QED) is 0.205. The Morgan fingerprint density at radius 3 is 2.56 bits per heavy atom. The summed E-state index contributed by atoms with van der Waals surface area (Å²) in [5.41, 5.74) is 1.07. The lowest BCUT2D eigenvalue weighted by molar-refractivity contribution is -0.307. The number of nitrogens with zero attached hydrogens (tertiary/aromatic N) is 4. The number of fused-ring (bicyclic) bond motifs is 2. The highest BCUT2D eigenvalue weighted by Crippen LogP contribution is 2.21. The number of amides is 1. The molecule has 1 N–H and O–H groups in total. The van der Waals surface area contributed by atoms with Crippen molar-refractivity contribution in [1.29, 1.82) is 0 Å². The third kappa shape index (κ3) is 10.8. The molecule has 0 aromatic carbocycles. The number of carboxylic acids is 2. The number of rotatable bonds is 12. The van der Waals surface area contributed by atoms with Crippen molar-refractivity contribution < 1.29 is 29.3 Å². The van der Waals surface area contributed by atoms with Crippen LogP contribution in [0.4, 0.5) is 0 Å². The van der Waals surface area contributed by atoms with Gasteiger partial charge >= 0.3 is 0 Å². The smallest absolute Gasteiger partial charge is 0.234 e. The first kappa shape index (κ1) is 27.3. The molecule has 1 amide bonds. The van der Waals surface area contributed by atoms with E-state index in [1.54, 1.807) is 17.0 Å². The Morgan fingerprint density at radius 1 is 1.09 bits per heavy atom. The van der Waals surface area contributed by atoms with Gasteiger partial charge in [-0.2, -0.15) is 0 Å². The van der Waals surface area contributed by atoms with Crippen LogP contribution in [0.15, 0.2) is 17.1 Å². The van der Waals surface area contributed by atoms with Crippen molar-refractivity contribution in [3.63, 3.8) is 0 Å². The summed E-state index contributed by atoms with van der Waals surface area (Å²) in [5, 5.41) is 27.4. The Bertz CT molecular complexity index is 893. The standard InChI is InChI=1S/C22H31N5O6S/c28-20-13-27(15-22(31)32)11-17-5-6-19(33-10-4-2-1-3-7-23-16-34)18(25-17)12-26(9-8-24-20)14-21(29)30/h5-6H,1-4,7-15H2,(H,24,28)(H,29,30)(H,31,32)/p-2. The van der Waals surface area contributed by atoms with Crippen LogP contribution in [0, 0.1) is 0 Å². The van der Waals surface area contributed by atoms with Crippen LogP contribution in [0.5, 0.6) is 5.75 Å². The summed E-state index contributed by atoms with van der Waals surface area (Å²) in [6.45, 7) is 0.949. The molecule has 11 nitrogen and oxygen atoms in total. The second-order valence-corrected chi connectivity index (χ2v) is 8.12. The molecule has 0 saturated heterocycles. The number of hydrogen-bond acceptors (Lipinski definition) is 11. The summed E-state index contributed by atoms with van der Waals surface area (Å²) in [7, 11) is 0. The van der Waals surface area contributed by atoms with Gasteiger partial charge in [0.25, 0.3) is 0 Å². The van der Waals surface area contributed by atoms with Gasteiger partial charge in [0, 0.05) is 45.8 Å². The Labute approximate surface area is 203 Å². The second-order valence-electron chi connectivity index (χ2n) is 7.93. The molecular formula is C22H29N5O6S-2. The Morgan fingerprint density at radius 2 is 1.82 bits per heavy atom. The number of thiocarbonyl (C=S) groups is 1. The molecule has 0 fully saturated rings. The van der Waals surface area contributed by atoms with E-state index in [2.05, 4.69) is 32.7 Å². The van der Waals surface area contributed by atoms with Crippen LogP contribution in [0.1, 0.15) is 37.1 Å². The molecule has 12 heteroatoms. The minimum atomic E-state index is -1.30. The number of hydrogen-bond donors (Lipinski definition) is 1. The van der Waals surface area contributed by atoms with E-state index in [0.717, 1.165) is 25.7 Å². The number of aliphatic imine (C=N–C) groups is 1. The van der Waals surface area contributed by atoms with E-state index in [0.29, 0.717) is 30.3 Å². The van der Waals surface area contributed by atoms with Gasteiger partial charge in [-0.15, -0.1) is 0 Å². The first-order valence-corrected chi connectivity index (χ1v) is 11.5. The number of pyridine rings is 1. The molecule has 2 rings (SSSR count). The summed E-state index contributed by atoms with van der Waals surface area (Å²) in [4.78, 5) is 46.0. The molecule has 1 aromatic rings. The molecule has 1 aliphatic rings. The van der Waals surface area contributed by atoms with Gasteiger partial charge in [0.15, 0.2) is 0 Å².